The Morgan fingerprint density at radius 1 is 1.03 bits per heavy atom. The Bertz CT molecular complexity index is 950. The lowest BCUT2D eigenvalue weighted by Gasteiger charge is -2.31. The van der Waals surface area contributed by atoms with E-state index in [1.165, 1.54) is 6.42 Å². The number of carbonyl (C=O) groups is 2. The number of fused-ring (bicyclic) bond motifs is 1. The van der Waals surface area contributed by atoms with Crippen LogP contribution >= 0.6 is 0 Å². The molecule has 1 fully saturated rings. The van der Waals surface area contributed by atoms with Gasteiger partial charge in [0.25, 0.3) is 11.7 Å². The molecule has 0 atom stereocenters. The van der Waals surface area contributed by atoms with Gasteiger partial charge in [0, 0.05) is 44.4 Å². The Morgan fingerprint density at radius 3 is 2.57 bits per heavy atom. The molecule has 2 aromatic rings. The lowest BCUT2D eigenvalue weighted by molar-refractivity contribution is -0.119. The highest BCUT2D eigenvalue weighted by atomic mass is 16.7. The molecule has 2 aliphatic rings. The molecule has 4 rings (SSSR count). The molecule has 1 spiro atoms. The fourth-order valence-electron chi connectivity index (χ4n) is 3.79. The van der Waals surface area contributed by atoms with Gasteiger partial charge in [-0.1, -0.05) is 12.5 Å². The first-order chi connectivity index (χ1) is 14.4. The zero-order valence-electron chi connectivity index (χ0n) is 17.3. The topological polar surface area (TPSA) is 77.1 Å². The molecule has 1 aliphatic carbocycles. The zero-order chi connectivity index (χ0) is 21.1. The minimum absolute atomic E-state index is 0.372. The van der Waals surface area contributed by atoms with Crippen molar-refractivity contribution >= 4 is 23.3 Å². The highest BCUT2D eigenvalue weighted by Crippen LogP contribution is 2.46. The molecule has 0 unspecified atom stereocenters. The first-order valence-electron chi connectivity index (χ1n) is 10.2. The molecule has 7 heteroatoms. The molecule has 1 aliphatic heterocycles. The summed E-state index contributed by atoms with van der Waals surface area (Å²) in [5.41, 5.74) is 1.85. The molecule has 1 heterocycles. The van der Waals surface area contributed by atoms with Gasteiger partial charge in [-0.25, -0.2) is 4.79 Å². The average Bonchev–Trinajstić information content (AvgIpc) is 3.09. The molecular weight excluding hydrogens is 384 g/mol. The number of nitrogens with one attached hydrogen (secondary N) is 1. The second-order valence-electron chi connectivity index (χ2n) is 7.91. The number of rotatable bonds is 5. The third kappa shape index (κ3) is 4.35. The summed E-state index contributed by atoms with van der Waals surface area (Å²) in [6, 6.07) is 12.3. The number of hydrogen-bond donors (Lipinski definition) is 1. The SMILES string of the molecule is CN(C)c1cccc(C(=O)OCC(=O)Nc2ccc3c(c2)OC2(CCCCC2)O3)c1. The summed E-state index contributed by atoms with van der Waals surface area (Å²) in [6.07, 6.45) is 5.10. The lowest BCUT2D eigenvalue weighted by Crippen LogP contribution is -2.40. The maximum absolute atomic E-state index is 12.3. The van der Waals surface area contributed by atoms with Gasteiger partial charge in [-0.15, -0.1) is 0 Å². The number of esters is 1. The summed E-state index contributed by atoms with van der Waals surface area (Å²) < 4.78 is 17.3. The van der Waals surface area contributed by atoms with Gasteiger partial charge >= 0.3 is 5.97 Å². The molecule has 158 valence electrons. The van der Waals surface area contributed by atoms with E-state index in [-0.39, 0.29) is 6.61 Å². The van der Waals surface area contributed by atoms with Crippen LogP contribution in [0, 0.1) is 0 Å². The van der Waals surface area contributed by atoms with Crippen molar-refractivity contribution in [3.8, 4) is 11.5 Å². The van der Waals surface area contributed by atoms with E-state index in [2.05, 4.69) is 5.32 Å². The molecular formula is C23H26N2O5. The Morgan fingerprint density at radius 2 is 1.80 bits per heavy atom. The highest BCUT2D eigenvalue weighted by Gasteiger charge is 2.42. The maximum Gasteiger partial charge on any atom is 0.338 e. The van der Waals surface area contributed by atoms with E-state index in [0.717, 1.165) is 31.4 Å². The van der Waals surface area contributed by atoms with Gasteiger partial charge in [0.1, 0.15) is 0 Å². The van der Waals surface area contributed by atoms with E-state index >= 15 is 0 Å². The number of hydrogen-bond acceptors (Lipinski definition) is 6. The van der Waals surface area contributed by atoms with Crippen molar-refractivity contribution in [2.75, 3.05) is 30.9 Å². The number of ether oxygens (including phenoxy) is 3. The molecule has 1 saturated carbocycles. The molecule has 0 saturated heterocycles. The Labute approximate surface area is 175 Å². The smallest absolute Gasteiger partial charge is 0.338 e. The quantitative estimate of drug-likeness (QED) is 0.752. The zero-order valence-corrected chi connectivity index (χ0v) is 17.3. The van der Waals surface area contributed by atoms with E-state index in [0.29, 0.717) is 22.7 Å². The fraction of sp³-hybridized carbons (Fsp3) is 0.391. The van der Waals surface area contributed by atoms with Gasteiger partial charge in [0.15, 0.2) is 18.1 Å². The second-order valence-corrected chi connectivity index (χ2v) is 7.91. The fourth-order valence-corrected chi connectivity index (χ4v) is 3.79. The van der Waals surface area contributed by atoms with Gasteiger partial charge in [0.05, 0.1) is 5.56 Å². The van der Waals surface area contributed by atoms with Crippen LogP contribution in [-0.2, 0) is 9.53 Å². The Hall–Kier alpha value is -3.22. The van der Waals surface area contributed by atoms with Gasteiger partial charge in [-0.2, -0.15) is 0 Å². The second kappa shape index (κ2) is 8.26. The van der Waals surface area contributed by atoms with Crippen molar-refractivity contribution in [3.63, 3.8) is 0 Å². The third-order valence-electron chi connectivity index (χ3n) is 5.37. The summed E-state index contributed by atoms with van der Waals surface area (Å²) in [6.45, 7) is -0.372. The van der Waals surface area contributed by atoms with Crippen LogP contribution in [0.5, 0.6) is 11.5 Å². The van der Waals surface area contributed by atoms with Crippen LogP contribution < -0.4 is 19.7 Å². The van der Waals surface area contributed by atoms with Crippen LogP contribution in [0.2, 0.25) is 0 Å². The molecule has 1 amide bonds. The van der Waals surface area contributed by atoms with Crippen LogP contribution in [0.15, 0.2) is 42.5 Å². The van der Waals surface area contributed by atoms with Crippen LogP contribution in [0.1, 0.15) is 42.5 Å². The molecule has 0 radical (unpaired) electrons. The minimum Gasteiger partial charge on any atom is -0.452 e. The first kappa shape index (κ1) is 20.1. The van der Waals surface area contributed by atoms with Gasteiger partial charge in [-0.05, 0) is 43.2 Å². The van der Waals surface area contributed by atoms with E-state index in [4.69, 9.17) is 14.2 Å². The molecule has 2 aromatic carbocycles. The molecule has 1 N–H and O–H groups in total. The van der Waals surface area contributed by atoms with E-state index < -0.39 is 17.7 Å². The maximum atomic E-state index is 12.3. The lowest BCUT2D eigenvalue weighted by atomic mass is 9.94. The van der Waals surface area contributed by atoms with Gasteiger partial charge in [-0.3, -0.25) is 4.79 Å². The molecule has 7 nitrogen and oxygen atoms in total. The van der Waals surface area contributed by atoms with Crippen LogP contribution in [0.4, 0.5) is 11.4 Å². The summed E-state index contributed by atoms with van der Waals surface area (Å²) in [4.78, 5) is 26.4. The predicted octanol–water partition coefficient (Wildman–Crippen LogP) is 3.98. The van der Waals surface area contributed by atoms with Gasteiger partial charge < -0.3 is 24.4 Å². The van der Waals surface area contributed by atoms with E-state index in [9.17, 15) is 9.59 Å². The van der Waals surface area contributed by atoms with Crippen molar-refractivity contribution < 1.29 is 23.8 Å². The van der Waals surface area contributed by atoms with Crippen molar-refractivity contribution in [2.24, 2.45) is 0 Å². The van der Waals surface area contributed by atoms with Crippen molar-refractivity contribution in [1.82, 2.24) is 0 Å². The number of nitrogens with zero attached hydrogens (tertiary/aromatic N) is 1. The Balaban J connectivity index is 1.32. The number of benzene rings is 2. The highest BCUT2D eigenvalue weighted by molar-refractivity contribution is 5.96. The summed E-state index contributed by atoms with van der Waals surface area (Å²) >= 11 is 0. The van der Waals surface area contributed by atoms with E-state index in [1.54, 1.807) is 36.4 Å². The van der Waals surface area contributed by atoms with Gasteiger partial charge in [0.2, 0.25) is 0 Å². The van der Waals surface area contributed by atoms with E-state index in [1.807, 2.05) is 25.1 Å². The molecule has 0 bridgehead atoms. The number of anilines is 2. The average molecular weight is 410 g/mol. The molecule has 30 heavy (non-hydrogen) atoms. The Kier molecular flexibility index (Phi) is 5.53. The predicted molar refractivity (Wildman–Crippen MR) is 113 cm³/mol. The number of carbonyl (C=O) groups excluding carboxylic acids is 2. The first-order valence-corrected chi connectivity index (χ1v) is 10.2. The summed E-state index contributed by atoms with van der Waals surface area (Å²) in [5, 5.41) is 2.74. The third-order valence-corrected chi connectivity index (χ3v) is 5.37. The van der Waals surface area contributed by atoms with Crippen LogP contribution in [0.25, 0.3) is 0 Å². The summed E-state index contributed by atoms with van der Waals surface area (Å²) in [5.74, 6) is -0.189. The number of amides is 1. The van der Waals surface area contributed by atoms with Crippen LogP contribution in [-0.4, -0.2) is 38.4 Å². The molecule has 0 aromatic heterocycles. The monoisotopic (exact) mass is 410 g/mol. The largest absolute Gasteiger partial charge is 0.452 e. The standard InChI is InChI=1S/C23H26N2O5/c1-25(2)18-8-6-7-16(13-18)22(27)28-15-21(26)24-17-9-10-19-20(14-17)30-23(29-19)11-4-3-5-12-23/h6-10,13-14H,3-5,11-12,15H2,1-2H3,(H,24,26). The minimum atomic E-state index is -0.556. The van der Waals surface area contributed by atoms with Crippen LogP contribution in [0.3, 0.4) is 0 Å². The summed E-state index contributed by atoms with van der Waals surface area (Å²) in [7, 11) is 3.78. The van der Waals surface area contributed by atoms with Crippen molar-refractivity contribution in [2.45, 2.75) is 37.9 Å². The van der Waals surface area contributed by atoms with Crippen molar-refractivity contribution in [1.29, 1.82) is 0 Å². The normalized spacial score (nSPS) is 16.2. The van der Waals surface area contributed by atoms with Crippen molar-refractivity contribution in [3.05, 3.63) is 48.0 Å².